The summed E-state index contributed by atoms with van der Waals surface area (Å²) >= 11 is 0. The molecule has 0 amide bonds. The van der Waals surface area contributed by atoms with Gasteiger partial charge in [0.05, 0.1) is 5.75 Å². The largest absolute Gasteiger partial charge is 0.298 e. The lowest BCUT2D eigenvalue weighted by atomic mass is 10.3. The number of carbonyl (C=O) groups excluding carboxylic acids is 1. The summed E-state index contributed by atoms with van der Waals surface area (Å²) in [5, 5.41) is 0. The van der Waals surface area contributed by atoms with Gasteiger partial charge in [-0.1, -0.05) is 13.8 Å². The summed E-state index contributed by atoms with van der Waals surface area (Å²) in [4.78, 5) is 11.2. The molecule has 76 valence electrons. The van der Waals surface area contributed by atoms with E-state index in [1.165, 1.54) is 0 Å². The average Bonchev–Trinajstić information content (AvgIpc) is 2.60. The summed E-state index contributed by atoms with van der Waals surface area (Å²) in [6.45, 7) is 3.69. The van der Waals surface area contributed by atoms with Crippen molar-refractivity contribution >= 4 is 15.6 Å². The minimum absolute atomic E-state index is 0.0573. The zero-order valence-electron chi connectivity index (χ0n) is 8.12. The van der Waals surface area contributed by atoms with E-state index in [9.17, 15) is 13.2 Å². The van der Waals surface area contributed by atoms with E-state index in [2.05, 4.69) is 0 Å². The Bertz CT molecular complexity index is 286. The highest BCUT2D eigenvalue weighted by Gasteiger charge is 2.32. The SMILES string of the molecule is CC(C)CS(=O)(=O)CC(=O)C1CC1. The number of sulfone groups is 1. The van der Waals surface area contributed by atoms with Crippen molar-refractivity contribution in [3.63, 3.8) is 0 Å². The molecule has 0 atom stereocenters. The molecular formula is C9H16O3S. The van der Waals surface area contributed by atoms with Crippen LogP contribution in [0.1, 0.15) is 26.7 Å². The van der Waals surface area contributed by atoms with Crippen LogP contribution < -0.4 is 0 Å². The van der Waals surface area contributed by atoms with Crippen molar-refractivity contribution in [1.29, 1.82) is 0 Å². The van der Waals surface area contributed by atoms with E-state index in [1.54, 1.807) is 0 Å². The maximum atomic E-state index is 11.4. The molecule has 0 aromatic rings. The van der Waals surface area contributed by atoms with E-state index >= 15 is 0 Å². The molecule has 13 heavy (non-hydrogen) atoms. The van der Waals surface area contributed by atoms with Gasteiger partial charge in [-0.2, -0.15) is 0 Å². The molecule has 0 unspecified atom stereocenters. The summed E-state index contributed by atoms with van der Waals surface area (Å²) in [6.07, 6.45) is 1.77. The lowest BCUT2D eigenvalue weighted by Crippen LogP contribution is -2.22. The molecule has 1 aliphatic rings. The van der Waals surface area contributed by atoms with E-state index in [-0.39, 0.29) is 29.1 Å². The van der Waals surface area contributed by atoms with Gasteiger partial charge < -0.3 is 0 Å². The van der Waals surface area contributed by atoms with Crippen LogP contribution in [0.15, 0.2) is 0 Å². The van der Waals surface area contributed by atoms with Gasteiger partial charge in [0, 0.05) is 5.92 Å². The van der Waals surface area contributed by atoms with Gasteiger partial charge in [0.15, 0.2) is 15.6 Å². The van der Waals surface area contributed by atoms with E-state index in [4.69, 9.17) is 0 Å². The highest BCUT2D eigenvalue weighted by Crippen LogP contribution is 2.30. The first-order valence-electron chi connectivity index (χ1n) is 4.64. The number of carbonyl (C=O) groups is 1. The Balaban J connectivity index is 2.45. The molecule has 0 radical (unpaired) electrons. The standard InChI is InChI=1S/C9H16O3S/c1-7(2)5-13(11,12)6-9(10)8-3-4-8/h7-8H,3-6H2,1-2H3. The zero-order chi connectivity index (χ0) is 10.1. The molecular weight excluding hydrogens is 188 g/mol. The number of hydrogen-bond donors (Lipinski definition) is 0. The highest BCUT2D eigenvalue weighted by atomic mass is 32.2. The van der Waals surface area contributed by atoms with Gasteiger partial charge in [-0.25, -0.2) is 8.42 Å². The van der Waals surface area contributed by atoms with Crippen molar-refractivity contribution < 1.29 is 13.2 Å². The Morgan fingerprint density at radius 3 is 2.31 bits per heavy atom. The Morgan fingerprint density at radius 1 is 1.38 bits per heavy atom. The van der Waals surface area contributed by atoms with Crippen LogP contribution in [0.4, 0.5) is 0 Å². The van der Waals surface area contributed by atoms with Crippen molar-refractivity contribution in [1.82, 2.24) is 0 Å². The third kappa shape index (κ3) is 3.89. The third-order valence-electron chi connectivity index (χ3n) is 1.98. The van der Waals surface area contributed by atoms with Crippen LogP contribution in [0.2, 0.25) is 0 Å². The number of Topliss-reactive ketones (excluding diaryl/α,β-unsaturated/α-hetero) is 1. The summed E-state index contributed by atoms with van der Waals surface area (Å²) in [5.41, 5.74) is 0. The first-order chi connectivity index (χ1) is 5.91. The summed E-state index contributed by atoms with van der Waals surface area (Å²) in [5.74, 6) is -0.0269. The topological polar surface area (TPSA) is 51.2 Å². The van der Waals surface area contributed by atoms with Gasteiger partial charge in [-0.15, -0.1) is 0 Å². The van der Waals surface area contributed by atoms with Gasteiger partial charge in [0.2, 0.25) is 0 Å². The quantitative estimate of drug-likeness (QED) is 0.672. The van der Waals surface area contributed by atoms with E-state index in [0.717, 1.165) is 12.8 Å². The van der Waals surface area contributed by atoms with E-state index in [0.29, 0.717) is 0 Å². The smallest absolute Gasteiger partial charge is 0.157 e. The highest BCUT2D eigenvalue weighted by molar-refractivity contribution is 7.92. The molecule has 0 saturated heterocycles. The normalized spacial score (nSPS) is 17.8. The Labute approximate surface area is 79.4 Å². The minimum Gasteiger partial charge on any atom is -0.298 e. The summed E-state index contributed by atoms with van der Waals surface area (Å²) in [6, 6.07) is 0. The molecule has 1 rings (SSSR count). The number of rotatable bonds is 5. The molecule has 3 nitrogen and oxygen atoms in total. The monoisotopic (exact) mass is 204 g/mol. The fraction of sp³-hybridized carbons (Fsp3) is 0.889. The second-order valence-corrected chi connectivity index (χ2v) is 6.30. The average molecular weight is 204 g/mol. The van der Waals surface area contributed by atoms with E-state index in [1.807, 2.05) is 13.8 Å². The molecule has 0 aromatic carbocycles. The van der Waals surface area contributed by atoms with Gasteiger partial charge in [0.1, 0.15) is 5.75 Å². The van der Waals surface area contributed by atoms with Crippen molar-refractivity contribution in [2.24, 2.45) is 11.8 Å². The van der Waals surface area contributed by atoms with Crippen LogP contribution in [0.25, 0.3) is 0 Å². The van der Waals surface area contributed by atoms with Gasteiger partial charge >= 0.3 is 0 Å². The van der Waals surface area contributed by atoms with Crippen LogP contribution in [0.3, 0.4) is 0 Å². The van der Waals surface area contributed by atoms with Crippen molar-refractivity contribution in [2.45, 2.75) is 26.7 Å². The molecule has 1 fully saturated rings. The van der Waals surface area contributed by atoms with Crippen LogP contribution in [-0.2, 0) is 14.6 Å². The molecule has 1 aliphatic carbocycles. The minimum atomic E-state index is -3.13. The molecule has 4 heteroatoms. The van der Waals surface area contributed by atoms with Crippen LogP contribution in [0, 0.1) is 11.8 Å². The lowest BCUT2D eigenvalue weighted by molar-refractivity contribution is -0.117. The van der Waals surface area contributed by atoms with Crippen LogP contribution >= 0.6 is 0 Å². The first-order valence-corrected chi connectivity index (χ1v) is 6.46. The zero-order valence-corrected chi connectivity index (χ0v) is 8.93. The van der Waals surface area contributed by atoms with Crippen molar-refractivity contribution in [2.75, 3.05) is 11.5 Å². The third-order valence-corrected chi connectivity index (χ3v) is 3.88. The maximum absolute atomic E-state index is 11.4. The van der Waals surface area contributed by atoms with E-state index < -0.39 is 9.84 Å². The molecule has 0 bridgehead atoms. The predicted octanol–water partition coefficient (Wildman–Crippen LogP) is 1.04. The molecule has 0 aromatic heterocycles. The van der Waals surface area contributed by atoms with Crippen molar-refractivity contribution in [3.8, 4) is 0 Å². The second-order valence-electron chi connectivity index (χ2n) is 4.19. The van der Waals surface area contributed by atoms with Crippen LogP contribution in [-0.4, -0.2) is 25.7 Å². The fourth-order valence-corrected chi connectivity index (χ4v) is 3.11. The first kappa shape index (κ1) is 10.7. The maximum Gasteiger partial charge on any atom is 0.157 e. The molecule has 1 saturated carbocycles. The second kappa shape index (κ2) is 3.78. The number of ketones is 1. The lowest BCUT2D eigenvalue weighted by Gasteiger charge is -2.05. The molecule has 0 N–H and O–H groups in total. The van der Waals surface area contributed by atoms with Gasteiger partial charge in [-0.3, -0.25) is 4.79 Å². The van der Waals surface area contributed by atoms with Gasteiger partial charge in [-0.05, 0) is 18.8 Å². The molecule has 0 aliphatic heterocycles. The van der Waals surface area contributed by atoms with Crippen molar-refractivity contribution in [3.05, 3.63) is 0 Å². The summed E-state index contributed by atoms with van der Waals surface area (Å²) < 4.78 is 22.7. The molecule has 0 heterocycles. The Kier molecular flexibility index (Phi) is 3.11. The fourth-order valence-electron chi connectivity index (χ4n) is 1.31. The number of hydrogen-bond acceptors (Lipinski definition) is 3. The predicted molar refractivity (Wildman–Crippen MR) is 51.2 cm³/mol. The summed E-state index contributed by atoms with van der Waals surface area (Å²) in [7, 11) is -3.13. The Morgan fingerprint density at radius 2 is 1.92 bits per heavy atom. The van der Waals surface area contributed by atoms with Gasteiger partial charge in [0.25, 0.3) is 0 Å². The van der Waals surface area contributed by atoms with Crippen LogP contribution in [0.5, 0.6) is 0 Å². The molecule has 0 spiro atoms. The Hall–Kier alpha value is -0.380.